The Bertz CT molecular complexity index is 760. The Morgan fingerprint density at radius 3 is 2.60 bits per heavy atom. The average Bonchev–Trinajstić information content (AvgIpc) is 2.68. The minimum atomic E-state index is -2.84. The van der Waals surface area contributed by atoms with Crippen LogP contribution in [0.25, 0.3) is 0 Å². The molecule has 0 unspecified atom stereocenters. The van der Waals surface area contributed by atoms with Gasteiger partial charge < -0.3 is 20.1 Å². The number of hydrogen-bond donors (Lipinski definition) is 2. The summed E-state index contributed by atoms with van der Waals surface area (Å²) in [4.78, 5) is 6.84. The Labute approximate surface area is 197 Å². The minimum Gasteiger partial charge on any atom is -0.491 e. The third-order valence-corrected chi connectivity index (χ3v) is 6.29. The number of guanidine groups is 1. The Morgan fingerprint density at radius 2 is 1.93 bits per heavy atom. The number of halogens is 1. The fraction of sp³-hybridized carbons (Fsp3) is 0.650. The molecular formula is C20H35IN4O4S. The fourth-order valence-corrected chi connectivity index (χ4v) is 4.25. The monoisotopic (exact) mass is 554 g/mol. The first-order valence-corrected chi connectivity index (χ1v) is 11.9. The summed E-state index contributed by atoms with van der Waals surface area (Å²) in [6.45, 7) is 9.06. The van der Waals surface area contributed by atoms with Crippen LogP contribution in [0.4, 0.5) is 0 Å². The summed E-state index contributed by atoms with van der Waals surface area (Å²) in [6, 6.07) is 6.11. The molecule has 1 aliphatic heterocycles. The van der Waals surface area contributed by atoms with E-state index in [1.807, 2.05) is 26.0 Å². The Balaban J connectivity index is 0.00000450. The van der Waals surface area contributed by atoms with Gasteiger partial charge in [-0.15, -0.1) is 24.0 Å². The molecule has 1 aromatic carbocycles. The summed E-state index contributed by atoms with van der Waals surface area (Å²) in [6.07, 6.45) is 0. The number of benzene rings is 1. The zero-order valence-electron chi connectivity index (χ0n) is 18.1. The standard InChI is InChI=1S/C20H34N4O4S.HI/c1-4-21-20(22-7-8-24-9-13-29(25,26)14-10-24)23-16-18-6-5-17(2)15-19(18)28-12-11-27-3;/h5-6,15H,4,7-14,16H2,1-3H3,(H2,21,22,23);1H. The predicted molar refractivity (Wildman–Crippen MR) is 132 cm³/mol. The lowest BCUT2D eigenvalue weighted by atomic mass is 10.1. The van der Waals surface area contributed by atoms with Crippen molar-refractivity contribution in [3.63, 3.8) is 0 Å². The van der Waals surface area contributed by atoms with E-state index in [0.29, 0.717) is 39.4 Å². The molecule has 0 aliphatic carbocycles. The van der Waals surface area contributed by atoms with Gasteiger partial charge in [0, 0.05) is 45.4 Å². The first kappa shape index (κ1) is 26.9. The van der Waals surface area contributed by atoms with Gasteiger partial charge in [0.05, 0.1) is 24.7 Å². The van der Waals surface area contributed by atoms with Gasteiger partial charge in [0.1, 0.15) is 12.4 Å². The summed E-state index contributed by atoms with van der Waals surface area (Å²) in [7, 11) is -1.18. The Morgan fingerprint density at radius 1 is 1.20 bits per heavy atom. The van der Waals surface area contributed by atoms with Crippen LogP contribution >= 0.6 is 24.0 Å². The zero-order valence-corrected chi connectivity index (χ0v) is 21.3. The number of methoxy groups -OCH3 is 1. The average molecular weight is 554 g/mol. The number of hydrogen-bond acceptors (Lipinski definition) is 6. The van der Waals surface area contributed by atoms with E-state index in [2.05, 4.69) is 26.6 Å². The largest absolute Gasteiger partial charge is 0.491 e. The predicted octanol–water partition coefficient (Wildman–Crippen LogP) is 1.42. The molecule has 172 valence electrons. The molecule has 2 rings (SSSR count). The number of sulfone groups is 1. The maximum absolute atomic E-state index is 11.5. The molecule has 2 N–H and O–H groups in total. The molecule has 0 bridgehead atoms. The molecule has 0 spiro atoms. The van der Waals surface area contributed by atoms with Crippen molar-refractivity contribution in [1.29, 1.82) is 0 Å². The van der Waals surface area contributed by atoms with Gasteiger partial charge in [-0.05, 0) is 25.5 Å². The lowest BCUT2D eigenvalue weighted by molar-refractivity contribution is 0.145. The van der Waals surface area contributed by atoms with Crippen molar-refractivity contribution >= 4 is 39.8 Å². The van der Waals surface area contributed by atoms with E-state index >= 15 is 0 Å². The molecule has 10 heteroatoms. The molecule has 8 nitrogen and oxygen atoms in total. The van der Waals surface area contributed by atoms with Crippen molar-refractivity contribution in [2.24, 2.45) is 4.99 Å². The second-order valence-electron chi connectivity index (χ2n) is 7.07. The third-order valence-electron chi connectivity index (χ3n) is 4.68. The highest BCUT2D eigenvalue weighted by Gasteiger charge is 2.20. The topological polar surface area (TPSA) is 92.3 Å². The maximum Gasteiger partial charge on any atom is 0.191 e. The van der Waals surface area contributed by atoms with Crippen LogP contribution in [0.2, 0.25) is 0 Å². The Hall–Kier alpha value is -1.11. The molecule has 0 saturated carbocycles. The van der Waals surface area contributed by atoms with Gasteiger partial charge in [-0.2, -0.15) is 0 Å². The van der Waals surface area contributed by atoms with Gasteiger partial charge in [0.25, 0.3) is 0 Å². The molecule has 0 amide bonds. The van der Waals surface area contributed by atoms with Crippen LogP contribution in [-0.2, 0) is 21.1 Å². The van der Waals surface area contributed by atoms with Crippen LogP contribution in [0.5, 0.6) is 5.75 Å². The highest BCUT2D eigenvalue weighted by atomic mass is 127. The smallest absolute Gasteiger partial charge is 0.191 e. The van der Waals surface area contributed by atoms with Gasteiger partial charge in [0.15, 0.2) is 15.8 Å². The van der Waals surface area contributed by atoms with E-state index < -0.39 is 9.84 Å². The van der Waals surface area contributed by atoms with E-state index in [-0.39, 0.29) is 35.5 Å². The normalized spacial score (nSPS) is 16.6. The third kappa shape index (κ3) is 9.80. The van der Waals surface area contributed by atoms with Crippen LogP contribution < -0.4 is 15.4 Å². The molecule has 1 heterocycles. The minimum absolute atomic E-state index is 0. The fourth-order valence-electron chi connectivity index (χ4n) is 2.97. The number of nitrogens with zero attached hydrogens (tertiary/aromatic N) is 2. The number of aryl methyl sites for hydroxylation is 1. The molecule has 1 aromatic rings. The molecule has 1 fully saturated rings. The Kier molecular flexibility index (Phi) is 12.6. The summed E-state index contributed by atoms with van der Waals surface area (Å²) >= 11 is 0. The summed E-state index contributed by atoms with van der Waals surface area (Å²) < 4.78 is 33.9. The van der Waals surface area contributed by atoms with Crippen LogP contribution in [0.1, 0.15) is 18.1 Å². The van der Waals surface area contributed by atoms with Crippen LogP contribution in [0, 0.1) is 6.92 Å². The van der Waals surface area contributed by atoms with Crippen molar-refractivity contribution in [2.45, 2.75) is 20.4 Å². The van der Waals surface area contributed by atoms with E-state index in [1.54, 1.807) is 7.11 Å². The second-order valence-corrected chi connectivity index (χ2v) is 9.37. The lowest BCUT2D eigenvalue weighted by Crippen LogP contribution is -2.45. The van der Waals surface area contributed by atoms with Crippen molar-refractivity contribution in [2.75, 3.05) is 64.6 Å². The molecule has 1 saturated heterocycles. The number of rotatable bonds is 10. The summed E-state index contributed by atoms with van der Waals surface area (Å²) in [5.74, 6) is 2.07. The van der Waals surface area contributed by atoms with E-state index in [1.165, 1.54) is 0 Å². The van der Waals surface area contributed by atoms with Gasteiger partial charge in [0.2, 0.25) is 0 Å². The van der Waals surface area contributed by atoms with Gasteiger partial charge in [-0.1, -0.05) is 12.1 Å². The SMILES string of the molecule is CCNC(=NCc1ccc(C)cc1OCCOC)NCCN1CCS(=O)(=O)CC1.I. The lowest BCUT2D eigenvalue weighted by Gasteiger charge is -2.26. The highest BCUT2D eigenvalue weighted by molar-refractivity contribution is 14.0. The van der Waals surface area contributed by atoms with E-state index in [9.17, 15) is 8.42 Å². The second kappa shape index (κ2) is 14.0. The van der Waals surface area contributed by atoms with Gasteiger partial charge in [-0.25, -0.2) is 13.4 Å². The molecule has 0 atom stereocenters. The highest BCUT2D eigenvalue weighted by Crippen LogP contribution is 2.21. The molecule has 0 radical (unpaired) electrons. The first-order valence-electron chi connectivity index (χ1n) is 10.1. The van der Waals surface area contributed by atoms with E-state index in [0.717, 1.165) is 35.9 Å². The zero-order chi connectivity index (χ0) is 21.1. The molecule has 0 aromatic heterocycles. The maximum atomic E-state index is 11.5. The van der Waals surface area contributed by atoms with Gasteiger partial charge in [-0.3, -0.25) is 4.90 Å². The van der Waals surface area contributed by atoms with Gasteiger partial charge >= 0.3 is 0 Å². The van der Waals surface area contributed by atoms with Crippen LogP contribution in [-0.4, -0.2) is 83.8 Å². The van der Waals surface area contributed by atoms with Crippen molar-refractivity contribution in [3.8, 4) is 5.75 Å². The van der Waals surface area contributed by atoms with Crippen molar-refractivity contribution in [3.05, 3.63) is 29.3 Å². The number of nitrogens with one attached hydrogen (secondary N) is 2. The summed E-state index contributed by atoms with van der Waals surface area (Å²) in [5, 5.41) is 6.58. The van der Waals surface area contributed by atoms with Crippen LogP contribution in [0.15, 0.2) is 23.2 Å². The van der Waals surface area contributed by atoms with Crippen LogP contribution in [0.3, 0.4) is 0 Å². The van der Waals surface area contributed by atoms with Crippen molar-refractivity contribution < 1.29 is 17.9 Å². The number of ether oxygens (including phenoxy) is 2. The molecular weight excluding hydrogens is 519 g/mol. The van der Waals surface area contributed by atoms with E-state index in [4.69, 9.17) is 9.47 Å². The summed E-state index contributed by atoms with van der Waals surface area (Å²) in [5.41, 5.74) is 2.16. The molecule has 30 heavy (non-hydrogen) atoms. The quantitative estimate of drug-likeness (QED) is 0.196. The number of aliphatic imine (C=N–C) groups is 1. The van der Waals surface area contributed by atoms with Crippen molar-refractivity contribution in [1.82, 2.24) is 15.5 Å². The first-order chi connectivity index (χ1) is 13.9. The molecule has 1 aliphatic rings.